The molecule has 2 aliphatic rings. The van der Waals surface area contributed by atoms with Crippen molar-refractivity contribution in [2.24, 2.45) is 0 Å². The molecule has 0 atom stereocenters. The van der Waals surface area contributed by atoms with Crippen molar-refractivity contribution in [1.29, 1.82) is 0 Å². The molecule has 8 nitrogen and oxygen atoms in total. The summed E-state index contributed by atoms with van der Waals surface area (Å²) >= 11 is 0. The number of halogens is 6. The lowest BCUT2D eigenvalue weighted by Gasteiger charge is -2.38. The lowest BCUT2D eigenvalue weighted by Crippen LogP contribution is -2.54. The molecular weight excluding hydrogens is 815 g/mol. The lowest BCUT2D eigenvalue weighted by molar-refractivity contribution is -0.288. The normalized spacial score (nSPS) is 14.4. The zero-order chi connectivity index (χ0) is 44.5. The largest absolute Gasteiger partial charge is 0.457 e. The summed E-state index contributed by atoms with van der Waals surface area (Å²) in [6.45, 7) is 5.61. The van der Waals surface area contributed by atoms with Gasteiger partial charge in [0.2, 0.25) is 5.41 Å². The zero-order valence-corrected chi connectivity index (χ0v) is 33.3. The summed E-state index contributed by atoms with van der Waals surface area (Å²) in [5.74, 6) is -0.845. The van der Waals surface area contributed by atoms with Crippen LogP contribution in [0.5, 0.6) is 23.0 Å². The number of benzene rings is 6. The molecular formula is C48H34F6N2O6. The molecule has 6 aromatic rings. The van der Waals surface area contributed by atoms with Crippen molar-refractivity contribution in [3.63, 3.8) is 0 Å². The Kier molecular flexibility index (Phi) is 9.88. The van der Waals surface area contributed by atoms with E-state index in [0.717, 1.165) is 52.4 Å². The van der Waals surface area contributed by atoms with Crippen LogP contribution in [0.4, 0.5) is 32.0 Å². The number of imide groups is 2. The maximum Gasteiger partial charge on any atom is 0.411 e. The summed E-state index contributed by atoms with van der Waals surface area (Å²) in [4.78, 5) is 53.4. The molecule has 0 aromatic heterocycles. The molecule has 2 heterocycles. The molecule has 0 saturated carbocycles. The molecule has 0 aliphatic carbocycles. The number of carbonyl (C=O) groups is 4. The Morgan fingerprint density at radius 2 is 0.790 bits per heavy atom. The standard InChI is InChI=1S/C48H34F6N2O6/c1-27-5-7-30(8-6-27)46(47(49,50)51,48(52,53)54)31-9-15-32(16-10-31)56-43(59)38-24-22-36(26-40(38)44(56)60)62-34-19-13-29(14-20-34)45(2,3)28-11-17-33(18-12-28)61-35-21-23-37-39(25-35)42(58)55(4)41(37)57/h5-26H,1-4H3. The van der Waals surface area contributed by atoms with Gasteiger partial charge in [0.1, 0.15) is 23.0 Å². The van der Waals surface area contributed by atoms with Gasteiger partial charge in [0.25, 0.3) is 23.6 Å². The maximum atomic E-state index is 14.6. The van der Waals surface area contributed by atoms with Crippen molar-refractivity contribution in [3.8, 4) is 23.0 Å². The van der Waals surface area contributed by atoms with E-state index in [1.54, 1.807) is 42.5 Å². The first kappa shape index (κ1) is 41.5. The summed E-state index contributed by atoms with van der Waals surface area (Å²) in [6, 6.07) is 30.5. The van der Waals surface area contributed by atoms with Crippen LogP contribution in [0.25, 0.3) is 0 Å². The quantitative estimate of drug-likeness (QED) is 0.106. The predicted octanol–water partition coefficient (Wildman–Crippen LogP) is 11.3. The Labute approximate surface area is 350 Å². The van der Waals surface area contributed by atoms with Gasteiger partial charge >= 0.3 is 12.4 Å². The number of anilines is 1. The molecule has 0 radical (unpaired) electrons. The number of fused-ring (bicyclic) bond motifs is 2. The SMILES string of the molecule is Cc1ccc(C(c2ccc(N3C(=O)c4ccc(Oc5ccc(C(C)(C)c6ccc(Oc7ccc8c(c7)C(=O)N(C)C8=O)cc6)cc5)cc4C3=O)cc2)(C(F)(F)F)C(F)(F)F)cc1. The molecule has 0 fully saturated rings. The molecule has 0 spiro atoms. The van der Waals surface area contributed by atoms with E-state index < -0.39 is 52.0 Å². The van der Waals surface area contributed by atoms with Crippen LogP contribution in [0.2, 0.25) is 0 Å². The second-order valence-electron chi connectivity index (χ2n) is 15.6. The first-order chi connectivity index (χ1) is 29.2. The molecule has 62 heavy (non-hydrogen) atoms. The number of nitrogens with zero attached hydrogens (tertiary/aromatic N) is 2. The highest BCUT2D eigenvalue weighted by atomic mass is 19.4. The summed E-state index contributed by atoms with van der Waals surface area (Å²) in [7, 11) is 1.43. The maximum absolute atomic E-state index is 14.6. The van der Waals surface area contributed by atoms with Crippen LogP contribution < -0.4 is 14.4 Å². The van der Waals surface area contributed by atoms with E-state index in [9.17, 15) is 45.5 Å². The molecule has 2 aliphatic heterocycles. The van der Waals surface area contributed by atoms with Gasteiger partial charge in [0.05, 0.1) is 27.9 Å². The molecule has 0 N–H and O–H groups in total. The van der Waals surface area contributed by atoms with Crippen LogP contribution in [-0.4, -0.2) is 47.9 Å². The third kappa shape index (κ3) is 6.75. The number of aryl methyl sites for hydroxylation is 1. The lowest BCUT2D eigenvalue weighted by atomic mass is 9.72. The molecule has 0 bridgehead atoms. The van der Waals surface area contributed by atoms with Crippen LogP contribution in [0.3, 0.4) is 0 Å². The second-order valence-corrected chi connectivity index (χ2v) is 15.6. The average molecular weight is 849 g/mol. The van der Waals surface area contributed by atoms with Crippen molar-refractivity contribution in [1.82, 2.24) is 4.90 Å². The fraction of sp³-hybridized carbons (Fsp3) is 0.167. The Hall–Kier alpha value is -7.22. The highest BCUT2D eigenvalue weighted by Gasteiger charge is 2.72. The van der Waals surface area contributed by atoms with E-state index in [1.165, 1.54) is 32.2 Å². The highest BCUT2D eigenvalue weighted by molar-refractivity contribution is 6.34. The third-order valence-corrected chi connectivity index (χ3v) is 11.4. The van der Waals surface area contributed by atoms with Crippen molar-refractivity contribution in [2.45, 2.75) is 44.0 Å². The number of hydrogen-bond acceptors (Lipinski definition) is 6. The minimum absolute atomic E-state index is 0.0220. The van der Waals surface area contributed by atoms with Crippen molar-refractivity contribution >= 4 is 29.3 Å². The number of amides is 4. The Morgan fingerprint density at radius 3 is 1.24 bits per heavy atom. The Bertz CT molecular complexity index is 2770. The van der Waals surface area contributed by atoms with E-state index >= 15 is 0 Å². The van der Waals surface area contributed by atoms with Gasteiger partial charge in [-0.05, 0) is 102 Å². The highest BCUT2D eigenvalue weighted by Crippen LogP contribution is 2.56. The topological polar surface area (TPSA) is 93.2 Å². The van der Waals surface area contributed by atoms with Gasteiger partial charge < -0.3 is 9.47 Å². The van der Waals surface area contributed by atoms with Gasteiger partial charge in [-0.1, -0.05) is 80.1 Å². The summed E-state index contributed by atoms with van der Waals surface area (Å²) in [6.07, 6.45) is -11.6. The molecule has 314 valence electrons. The van der Waals surface area contributed by atoms with Gasteiger partial charge in [0.15, 0.2) is 0 Å². The van der Waals surface area contributed by atoms with Crippen molar-refractivity contribution < 1.29 is 55.0 Å². The van der Waals surface area contributed by atoms with Crippen LogP contribution >= 0.6 is 0 Å². The average Bonchev–Trinajstić information content (AvgIpc) is 3.60. The third-order valence-electron chi connectivity index (χ3n) is 11.4. The van der Waals surface area contributed by atoms with Crippen LogP contribution in [0, 0.1) is 6.92 Å². The zero-order valence-electron chi connectivity index (χ0n) is 33.3. The van der Waals surface area contributed by atoms with E-state index in [-0.39, 0.29) is 34.0 Å². The van der Waals surface area contributed by atoms with E-state index in [2.05, 4.69) is 0 Å². The molecule has 0 saturated heterocycles. The Morgan fingerprint density at radius 1 is 0.435 bits per heavy atom. The number of rotatable bonds is 9. The van der Waals surface area contributed by atoms with Crippen molar-refractivity contribution in [3.05, 3.63) is 184 Å². The summed E-state index contributed by atoms with van der Waals surface area (Å²) in [5, 5.41) is 0. The molecule has 14 heteroatoms. The first-order valence-electron chi connectivity index (χ1n) is 19.1. The predicted molar refractivity (Wildman–Crippen MR) is 216 cm³/mol. The minimum Gasteiger partial charge on any atom is -0.457 e. The van der Waals surface area contributed by atoms with Crippen molar-refractivity contribution in [2.75, 3.05) is 11.9 Å². The number of hydrogen-bond donors (Lipinski definition) is 0. The number of alkyl halides is 6. The molecule has 0 unspecified atom stereocenters. The van der Waals surface area contributed by atoms with E-state index in [4.69, 9.17) is 9.47 Å². The van der Waals surface area contributed by atoms with E-state index in [0.29, 0.717) is 45.4 Å². The smallest absolute Gasteiger partial charge is 0.411 e. The fourth-order valence-electron chi connectivity index (χ4n) is 7.89. The molecule has 8 rings (SSSR count). The van der Waals surface area contributed by atoms with Gasteiger partial charge in [-0.15, -0.1) is 0 Å². The van der Waals surface area contributed by atoms with Gasteiger partial charge in [-0.25, -0.2) is 4.90 Å². The fourth-order valence-corrected chi connectivity index (χ4v) is 7.89. The number of ether oxygens (including phenoxy) is 2. The van der Waals surface area contributed by atoms with Gasteiger partial charge in [-0.3, -0.25) is 24.1 Å². The van der Waals surface area contributed by atoms with E-state index in [1.807, 2.05) is 38.1 Å². The second kappa shape index (κ2) is 14.8. The van der Waals surface area contributed by atoms with Crippen LogP contribution in [-0.2, 0) is 10.8 Å². The summed E-state index contributed by atoms with van der Waals surface area (Å²) in [5.41, 5.74) is -4.35. The van der Waals surface area contributed by atoms with Crippen LogP contribution in [0.15, 0.2) is 133 Å². The number of carbonyl (C=O) groups excluding carboxylic acids is 4. The Balaban J connectivity index is 0.965. The molecule has 4 amide bonds. The monoisotopic (exact) mass is 848 g/mol. The van der Waals surface area contributed by atoms with Crippen LogP contribution in [0.1, 0.15) is 83.1 Å². The minimum atomic E-state index is -5.80. The molecule has 6 aromatic carbocycles. The summed E-state index contributed by atoms with van der Waals surface area (Å²) < 4.78 is 99.8. The van der Waals surface area contributed by atoms with Gasteiger partial charge in [-0.2, -0.15) is 26.3 Å². The van der Waals surface area contributed by atoms with Gasteiger partial charge in [0, 0.05) is 12.5 Å². The first-order valence-corrected chi connectivity index (χ1v) is 19.1.